The second-order valence-corrected chi connectivity index (χ2v) is 8.97. The predicted octanol–water partition coefficient (Wildman–Crippen LogP) is 3.16. The van der Waals surface area contributed by atoms with E-state index in [9.17, 15) is 19.1 Å². The van der Waals surface area contributed by atoms with E-state index in [-0.39, 0.29) is 29.9 Å². The molecule has 8 nitrogen and oxygen atoms in total. The van der Waals surface area contributed by atoms with Crippen molar-refractivity contribution in [1.82, 2.24) is 14.7 Å². The van der Waals surface area contributed by atoms with Crippen molar-refractivity contribution >= 4 is 23.2 Å². The molecule has 1 fully saturated rings. The van der Waals surface area contributed by atoms with Gasteiger partial charge in [0.25, 0.3) is 5.91 Å². The number of nitrogens with zero attached hydrogens (tertiary/aromatic N) is 2. The Kier molecular flexibility index (Phi) is 7.30. The van der Waals surface area contributed by atoms with E-state index in [0.717, 1.165) is 17.7 Å². The van der Waals surface area contributed by atoms with Crippen molar-refractivity contribution in [3.05, 3.63) is 64.5 Å². The molecule has 1 aliphatic carbocycles. The maximum Gasteiger partial charge on any atom is 0.254 e. The standard InChI is InChI=1S/C24H24FN3O5S/c1-13(33-17-5-7-20(26-11-17)23(31)14-2-3-14)22-9-21(28-34-22)15-4-6-18(19(25)8-15)24(32)27-10-16(30)12-29/h4-9,11,13-14,16,29-30H,2-3,10,12H2,1H3,(H,27,32)/t13-,16+/m1/s1. The van der Waals surface area contributed by atoms with E-state index in [4.69, 9.17) is 9.84 Å². The Hall–Kier alpha value is -3.21. The molecule has 0 radical (unpaired) electrons. The summed E-state index contributed by atoms with van der Waals surface area (Å²) in [4.78, 5) is 29.2. The van der Waals surface area contributed by atoms with Gasteiger partial charge in [0.15, 0.2) is 5.78 Å². The highest BCUT2D eigenvalue weighted by molar-refractivity contribution is 7.06. The Balaban J connectivity index is 1.39. The summed E-state index contributed by atoms with van der Waals surface area (Å²) in [6.45, 7) is 1.17. The summed E-state index contributed by atoms with van der Waals surface area (Å²) >= 11 is 1.22. The number of aliphatic hydroxyl groups excluding tert-OH is 2. The molecule has 0 bridgehead atoms. The summed E-state index contributed by atoms with van der Waals surface area (Å²) in [6, 6.07) is 9.34. The van der Waals surface area contributed by atoms with Crippen LogP contribution in [0.4, 0.5) is 4.39 Å². The molecule has 1 saturated carbocycles. The number of Topliss-reactive ketones (excluding diaryl/α,β-unsaturated/α-hetero) is 1. The SMILES string of the molecule is C[C@@H](Oc1ccc(C(=O)C2CC2)nc1)c1cc(-c2ccc(C(=O)NC[C@H](O)CO)c(F)c2)ns1. The number of rotatable bonds is 10. The van der Waals surface area contributed by atoms with E-state index in [0.29, 0.717) is 22.7 Å². The minimum Gasteiger partial charge on any atom is -0.484 e. The number of aromatic nitrogens is 2. The molecule has 1 aromatic carbocycles. The predicted molar refractivity (Wildman–Crippen MR) is 123 cm³/mol. The minimum atomic E-state index is -1.11. The van der Waals surface area contributed by atoms with Crippen LogP contribution in [0, 0.1) is 11.7 Å². The van der Waals surface area contributed by atoms with Crippen molar-refractivity contribution in [2.24, 2.45) is 5.92 Å². The first kappa shape index (κ1) is 23.9. The lowest BCUT2D eigenvalue weighted by Gasteiger charge is -2.12. The first-order valence-electron chi connectivity index (χ1n) is 10.9. The molecule has 3 aromatic rings. The molecule has 0 spiro atoms. The van der Waals surface area contributed by atoms with Gasteiger partial charge in [0, 0.05) is 18.0 Å². The molecule has 0 saturated heterocycles. The molecule has 3 N–H and O–H groups in total. The van der Waals surface area contributed by atoms with E-state index < -0.39 is 24.4 Å². The summed E-state index contributed by atoms with van der Waals surface area (Å²) < 4.78 is 24.8. The van der Waals surface area contributed by atoms with Crippen LogP contribution in [-0.2, 0) is 0 Å². The third-order valence-electron chi connectivity index (χ3n) is 5.40. The number of nitrogens with one attached hydrogen (secondary N) is 1. The first-order valence-corrected chi connectivity index (χ1v) is 11.6. The number of benzene rings is 1. The Morgan fingerprint density at radius 2 is 2.06 bits per heavy atom. The van der Waals surface area contributed by atoms with E-state index in [1.54, 1.807) is 24.3 Å². The highest BCUT2D eigenvalue weighted by atomic mass is 32.1. The van der Waals surface area contributed by atoms with Gasteiger partial charge in [-0.3, -0.25) is 9.59 Å². The van der Waals surface area contributed by atoms with Gasteiger partial charge in [-0.2, -0.15) is 4.37 Å². The number of carbonyl (C=O) groups excluding carboxylic acids is 2. The number of ether oxygens (including phenoxy) is 1. The van der Waals surface area contributed by atoms with Gasteiger partial charge in [-0.25, -0.2) is 9.37 Å². The fourth-order valence-corrected chi connectivity index (χ4v) is 3.98. The van der Waals surface area contributed by atoms with Crippen LogP contribution in [0.15, 0.2) is 42.6 Å². The molecular formula is C24H24FN3O5S. The van der Waals surface area contributed by atoms with Crippen LogP contribution in [0.5, 0.6) is 5.75 Å². The maximum absolute atomic E-state index is 14.5. The second kappa shape index (κ2) is 10.4. The zero-order valence-corrected chi connectivity index (χ0v) is 19.2. The average molecular weight is 486 g/mol. The van der Waals surface area contributed by atoms with Gasteiger partial charge in [-0.15, -0.1) is 0 Å². The van der Waals surface area contributed by atoms with Crippen LogP contribution in [0.2, 0.25) is 0 Å². The summed E-state index contributed by atoms with van der Waals surface area (Å²) in [5, 5.41) is 20.5. The van der Waals surface area contributed by atoms with Crippen LogP contribution in [0.1, 0.15) is 51.6 Å². The number of hydrogen-bond donors (Lipinski definition) is 3. The number of hydrogen-bond acceptors (Lipinski definition) is 8. The van der Waals surface area contributed by atoms with Crippen LogP contribution < -0.4 is 10.1 Å². The van der Waals surface area contributed by atoms with Crippen molar-refractivity contribution < 1.29 is 28.9 Å². The van der Waals surface area contributed by atoms with E-state index >= 15 is 0 Å². The fourth-order valence-electron chi connectivity index (χ4n) is 3.26. The second-order valence-electron chi connectivity index (χ2n) is 8.13. The van der Waals surface area contributed by atoms with Gasteiger partial charge < -0.3 is 20.3 Å². The van der Waals surface area contributed by atoms with Gasteiger partial charge >= 0.3 is 0 Å². The molecule has 2 aromatic heterocycles. The summed E-state index contributed by atoms with van der Waals surface area (Å²) in [5.41, 5.74) is 1.33. The number of carbonyl (C=O) groups is 2. The lowest BCUT2D eigenvalue weighted by molar-refractivity contribution is 0.0799. The Labute approximate surface area is 199 Å². The molecule has 10 heteroatoms. The van der Waals surface area contributed by atoms with Crippen molar-refractivity contribution in [1.29, 1.82) is 0 Å². The average Bonchev–Trinajstić information content (AvgIpc) is 3.58. The topological polar surface area (TPSA) is 122 Å². The van der Waals surface area contributed by atoms with E-state index in [1.807, 2.05) is 6.92 Å². The molecule has 0 unspecified atom stereocenters. The van der Waals surface area contributed by atoms with Gasteiger partial charge in [-0.1, -0.05) is 6.07 Å². The molecule has 0 aliphatic heterocycles. The van der Waals surface area contributed by atoms with E-state index in [2.05, 4.69) is 14.7 Å². The number of halogens is 1. The lowest BCUT2D eigenvalue weighted by atomic mass is 10.1. The van der Waals surface area contributed by atoms with Crippen LogP contribution in [-0.4, -0.2) is 50.5 Å². The maximum atomic E-state index is 14.5. The largest absolute Gasteiger partial charge is 0.484 e. The highest BCUT2D eigenvalue weighted by Gasteiger charge is 2.31. The molecular weight excluding hydrogens is 461 g/mol. The summed E-state index contributed by atoms with van der Waals surface area (Å²) in [7, 11) is 0. The Morgan fingerprint density at radius 3 is 2.71 bits per heavy atom. The first-order chi connectivity index (χ1) is 16.4. The summed E-state index contributed by atoms with van der Waals surface area (Å²) in [5.74, 6) is -0.691. The number of aliphatic hydroxyl groups is 2. The van der Waals surface area contributed by atoms with Crippen LogP contribution in [0.25, 0.3) is 11.3 Å². The summed E-state index contributed by atoms with van der Waals surface area (Å²) in [6.07, 6.45) is 1.94. The Morgan fingerprint density at radius 1 is 1.26 bits per heavy atom. The van der Waals surface area contributed by atoms with Crippen LogP contribution >= 0.6 is 11.5 Å². The lowest BCUT2D eigenvalue weighted by Crippen LogP contribution is -2.34. The van der Waals surface area contributed by atoms with Crippen molar-refractivity contribution in [2.45, 2.75) is 32.0 Å². The number of pyridine rings is 1. The van der Waals surface area contributed by atoms with Gasteiger partial charge in [0.05, 0.1) is 35.0 Å². The quantitative estimate of drug-likeness (QED) is 0.377. The van der Waals surface area contributed by atoms with Crippen molar-refractivity contribution in [3.8, 4) is 17.0 Å². The molecule has 2 atom stereocenters. The van der Waals surface area contributed by atoms with Gasteiger partial charge in [0.2, 0.25) is 0 Å². The highest BCUT2D eigenvalue weighted by Crippen LogP contribution is 2.33. The molecule has 4 rings (SSSR count). The number of ketones is 1. The normalized spacial score (nSPS) is 14.9. The third-order valence-corrected chi connectivity index (χ3v) is 6.35. The smallest absolute Gasteiger partial charge is 0.254 e. The monoisotopic (exact) mass is 485 g/mol. The van der Waals surface area contributed by atoms with Crippen molar-refractivity contribution in [2.75, 3.05) is 13.2 Å². The van der Waals surface area contributed by atoms with Gasteiger partial charge in [0.1, 0.15) is 23.4 Å². The minimum absolute atomic E-state index is 0.0742. The number of amides is 1. The molecule has 2 heterocycles. The third kappa shape index (κ3) is 5.64. The zero-order valence-electron chi connectivity index (χ0n) is 18.4. The molecule has 178 valence electrons. The molecule has 1 amide bonds. The van der Waals surface area contributed by atoms with E-state index in [1.165, 1.54) is 29.9 Å². The van der Waals surface area contributed by atoms with Gasteiger partial charge in [-0.05, 0) is 61.6 Å². The van der Waals surface area contributed by atoms with Crippen molar-refractivity contribution in [3.63, 3.8) is 0 Å². The zero-order chi connectivity index (χ0) is 24.2. The Bertz CT molecular complexity index is 1180. The molecule has 34 heavy (non-hydrogen) atoms. The molecule has 1 aliphatic rings. The fraction of sp³-hybridized carbons (Fsp3) is 0.333. The van der Waals surface area contributed by atoms with Crippen LogP contribution in [0.3, 0.4) is 0 Å².